The smallest absolute Gasteiger partial charge is 0.326 e. The Hall–Kier alpha value is -3.59. The van der Waals surface area contributed by atoms with Gasteiger partial charge in [0.05, 0.1) is 0 Å². The predicted molar refractivity (Wildman–Crippen MR) is 136 cm³/mol. The van der Waals surface area contributed by atoms with Crippen molar-refractivity contribution in [3.63, 3.8) is 0 Å². The predicted octanol–water partition coefficient (Wildman–Crippen LogP) is 3.11. The molecule has 1 amide bonds. The Morgan fingerprint density at radius 1 is 1.00 bits per heavy atom. The van der Waals surface area contributed by atoms with Gasteiger partial charge in [0, 0.05) is 38.5 Å². The Labute approximate surface area is 201 Å². The molecule has 1 N–H and O–H groups in total. The Kier molecular flexibility index (Phi) is 7.02. The number of imidazole rings is 1. The largest absolute Gasteiger partial charge is 0.332 e. The normalized spacial score (nSPS) is 11.1. The number of hydrogen-bond donors (Lipinski definition) is 1. The quantitative estimate of drug-likeness (QED) is 0.394. The molecule has 2 aromatic heterocycles. The van der Waals surface area contributed by atoms with E-state index in [0.29, 0.717) is 23.1 Å². The van der Waals surface area contributed by atoms with Crippen LogP contribution >= 0.6 is 11.8 Å². The first kappa shape index (κ1) is 23.6. The number of anilines is 1. The summed E-state index contributed by atoms with van der Waals surface area (Å²) in [5, 5.41) is 3.52. The number of amides is 1. The second-order valence-corrected chi connectivity index (χ2v) is 9.23. The van der Waals surface area contributed by atoms with Gasteiger partial charge < -0.3 is 9.88 Å². The molecule has 4 aromatic rings. The van der Waals surface area contributed by atoms with E-state index in [1.807, 2.05) is 66.1 Å². The molecule has 0 spiro atoms. The molecular weight excluding hydrogens is 450 g/mol. The highest BCUT2D eigenvalue weighted by Gasteiger charge is 2.19. The van der Waals surface area contributed by atoms with Gasteiger partial charge in [-0.3, -0.25) is 18.7 Å². The maximum Gasteiger partial charge on any atom is 0.332 e. The zero-order chi connectivity index (χ0) is 24.2. The van der Waals surface area contributed by atoms with Crippen LogP contribution in [-0.4, -0.2) is 30.3 Å². The third kappa shape index (κ3) is 4.99. The monoisotopic (exact) mass is 477 g/mol. The highest BCUT2D eigenvalue weighted by Crippen LogP contribution is 2.23. The molecule has 176 valence electrons. The lowest BCUT2D eigenvalue weighted by Crippen LogP contribution is -2.37. The molecule has 0 saturated carbocycles. The molecule has 0 fully saturated rings. The fourth-order valence-electron chi connectivity index (χ4n) is 3.76. The maximum atomic E-state index is 12.8. The minimum Gasteiger partial charge on any atom is -0.326 e. The number of carbonyl (C=O) groups excluding carboxylic acids is 1. The molecule has 0 aliphatic carbocycles. The van der Waals surface area contributed by atoms with Crippen LogP contribution in [-0.2, 0) is 31.9 Å². The van der Waals surface area contributed by atoms with E-state index in [0.717, 1.165) is 27.8 Å². The van der Waals surface area contributed by atoms with E-state index in [1.165, 1.54) is 23.4 Å². The van der Waals surface area contributed by atoms with E-state index in [-0.39, 0.29) is 17.8 Å². The van der Waals surface area contributed by atoms with Crippen LogP contribution in [0.5, 0.6) is 0 Å². The molecule has 4 rings (SSSR count). The van der Waals surface area contributed by atoms with E-state index in [1.54, 1.807) is 7.05 Å². The number of nitrogens with zero attached hydrogens (tertiary/aromatic N) is 4. The molecule has 8 nitrogen and oxygen atoms in total. The summed E-state index contributed by atoms with van der Waals surface area (Å²) in [6.07, 6.45) is 1.01. The van der Waals surface area contributed by atoms with Gasteiger partial charge in [0.15, 0.2) is 16.3 Å². The summed E-state index contributed by atoms with van der Waals surface area (Å²) in [7, 11) is 3.10. The second-order valence-electron chi connectivity index (χ2n) is 8.17. The standard InChI is InChI=1S/C25H27N5O3S/c1-17-9-11-19(12-10-17)26-20(31)14-16-34-24-27-21-22(28(2)25(33)29(3)23(21)32)30(24)15-13-18-7-5-4-6-8-18/h4-12H,13-16H2,1-3H3,(H,26,31). The summed E-state index contributed by atoms with van der Waals surface area (Å²) >= 11 is 1.41. The van der Waals surface area contributed by atoms with Crippen molar-refractivity contribution < 1.29 is 4.79 Å². The van der Waals surface area contributed by atoms with Crippen LogP contribution in [0.3, 0.4) is 0 Å². The highest BCUT2D eigenvalue weighted by molar-refractivity contribution is 7.99. The van der Waals surface area contributed by atoms with Crippen LogP contribution in [0.1, 0.15) is 17.5 Å². The van der Waals surface area contributed by atoms with Gasteiger partial charge in [0.25, 0.3) is 5.56 Å². The van der Waals surface area contributed by atoms with Crippen LogP contribution in [0.2, 0.25) is 0 Å². The van der Waals surface area contributed by atoms with Gasteiger partial charge in [-0.15, -0.1) is 0 Å². The summed E-state index contributed by atoms with van der Waals surface area (Å²) in [5.41, 5.74) is 2.96. The van der Waals surface area contributed by atoms with Gasteiger partial charge in [0.2, 0.25) is 5.91 Å². The van der Waals surface area contributed by atoms with E-state index in [4.69, 9.17) is 0 Å². The van der Waals surface area contributed by atoms with E-state index in [9.17, 15) is 14.4 Å². The fraction of sp³-hybridized carbons (Fsp3) is 0.280. The fourth-order valence-corrected chi connectivity index (χ4v) is 4.72. The lowest BCUT2D eigenvalue weighted by Gasteiger charge is -2.11. The van der Waals surface area contributed by atoms with Crippen LogP contribution in [0.25, 0.3) is 11.2 Å². The Morgan fingerprint density at radius 2 is 1.71 bits per heavy atom. The molecule has 0 atom stereocenters. The number of thioether (sulfide) groups is 1. The minimum absolute atomic E-state index is 0.0911. The van der Waals surface area contributed by atoms with E-state index < -0.39 is 11.2 Å². The van der Waals surface area contributed by atoms with Gasteiger partial charge >= 0.3 is 5.69 Å². The number of aromatic nitrogens is 4. The Balaban J connectivity index is 1.56. The first-order chi connectivity index (χ1) is 16.3. The van der Waals surface area contributed by atoms with Crippen molar-refractivity contribution in [2.75, 3.05) is 11.1 Å². The van der Waals surface area contributed by atoms with Crippen LogP contribution in [0.4, 0.5) is 5.69 Å². The third-order valence-electron chi connectivity index (χ3n) is 5.67. The molecule has 0 saturated heterocycles. The maximum absolute atomic E-state index is 12.8. The number of aryl methyl sites for hydroxylation is 4. The number of benzene rings is 2. The third-order valence-corrected chi connectivity index (χ3v) is 6.65. The first-order valence-electron chi connectivity index (χ1n) is 11.0. The molecule has 0 unspecified atom stereocenters. The molecule has 9 heteroatoms. The highest BCUT2D eigenvalue weighted by atomic mass is 32.2. The van der Waals surface area contributed by atoms with Gasteiger partial charge in [-0.1, -0.05) is 59.8 Å². The summed E-state index contributed by atoms with van der Waals surface area (Å²) < 4.78 is 4.44. The van der Waals surface area contributed by atoms with Crippen LogP contribution in [0.15, 0.2) is 69.3 Å². The summed E-state index contributed by atoms with van der Waals surface area (Å²) in [6, 6.07) is 17.7. The topological polar surface area (TPSA) is 90.9 Å². The number of hydrogen-bond acceptors (Lipinski definition) is 5. The molecule has 2 aromatic carbocycles. The molecule has 2 heterocycles. The van der Waals surface area contributed by atoms with Crippen LogP contribution < -0.4 is 16.6 Å². The zero-order valence-corrected chi connectivity index (χ0v) is 20.3. The van der Waals surface area contributed by atoms with E-state index in [2.05, 4.69) is 10.3 Å². The summed E-state index contributed by atoms with van der Waals surface area (Å²) in [5.74, 6) is 0.396. The van der Waals surface area contributed by atoms with Gasteiger partial charge in [-0.2, -0.15) is 0 Å². The molecule has 0 bridgehead atoms. The van der Waals surface area contributed by atoms with Crippen molar-refractivity contribution in [2.45, 2.75) is 31.5 Å². The molecule has 34 heavy (non-hydrogen) atoms. The second kappa shape index (κ2) is 10.1. The van der Waals surface area contributed by atoms with Gasteiger partial charge in [-0.05, 0) is 31.0 Å². The number of nitrogens with one attached hydrogen (secondary N) is 1. The number of fused-ring (bicyclic) bond motifs is 1. The molecule has 0 aliphatic rings. The summed E-state index contributed by atoms with van der Waals surface area (Å²) in [4.78, 5) is 42.3. The Bertz CT molecular complexity index is 1440. The lowest BCUT2D eigenvalue weighted by atomic mass is 10.1. The zero-order valence-electron chi connectivity index (χ0n) is 19.4. The van der Waals surface area contributed by atoms with Crippen molar-refractivity contribution in [1.82, 2.24) is 18.7 Å². The Morgan fingerprint density at radius 3 is 2.41 bits per heavy atom. The summed E-state index contributed by atoms with van der Waals surface area (Å²) in [6.45, 7) is 2.55. The van der Waals surface area contributed by atoms with Gasteiger partial charge in [0.1, 0.15) is 0 Å². The lowest BCUT2D eigenvalue weighted by molar-refractivity contribution is -0.115. The number of carbonyl (C=O) groups is 1. The number of rotatable bonds is 8. The molecule has 0 aliphatic heterocycles. The minimum atomic E-state index is -0.421. The molecular formula is C25H27N5O3S. The van der Waals surface area contributed by atoms with Crippen molar-refractivity contribution in [3.8, 4) is 0 Å². The van der Waals surface area contributed by atoms with Crippen molar-refractivity contribution in [3.05, 3.63) is 86.6 Å². The molecule has 0 radical (unpaired) electrons. The van der Waals surface area contributed by atoms with Crippen molar-refractivity contribution in [2.24, 2.45) is 14.1 Å². The van der Waals surface area contributed by atoms with Crippen molar-refractivity contribution in [1.29, 1.82) is 0 Å². The first-order valence-corrected chi connectivity index (χ1v) is 12.0. The average Bonchev–Trinajstić information content (AvgIpc) is 3.20. The van der Waals surface area contributed by atoms with Gasteiger partial charge in [-0.25, -0.2) is 9.78 Å². The van der Waals surface area contributed by atoms with Crippen LogP contribution in [0, 0.1) is 6.92 Å². The average molecular weight is 478 g/mol. The van der Waals surface area contributed by atoms with Crippen molar-refractivity contribution >= 4 is 34.5 Å². The SMILES string of the molecule is Cc1ccc(NC(=O)CCSc2nc3c(=O)n(C)c(=O)n(C)c3n2CCc2ccccc2)cc1. The van der Waals surface area contributed by atoms with E-state index >= 15 is 0 Å².